The van der Waals surface area contributed by atoms with E-state index in [1.54, 1.807) is 0 Å². The molecule has 0 unspecified atom stereocenters. The first kappa shape index (κ1) is 25.5. The van der Waals surface area contributed by atoms with Crippen molar-refractivity contribution >= 4 is 71.7 Å². The molecule has 224 valence electrons. The second-order valence-electron chi connectivity index (χ2n) is 12.1. The Balaban J connectivity index is 1.21. The molecule has 7 nitrogen and oxygen atoms in total. The minimum atomic E-state index is 0.540. The van der Waals surface area contributed by atoms with E-state index in [0.717, 1.165) is 94.2 Å². The molecule has 0 bridgehead atoms. The Morgan fingerprint density at radius 2 is 0.938 bits per heavy atom. The highest BCUT2D eigenvalue weighted by Crippen LogP contribution is 2.36. The summed E-state index contributed by atoms with van der Waals surface area (Å²) in [7, 11) is 0. The van der Waals surface area contributed by atoms with Gasteiger partial charge in [-0.15, -0.1) is 0 Å². The van der Waals surface area contributed by atoms with Crippen LogP contribution in [0.5, 0.6) is 0 Å². The van der Waals surface area contributed by atoms with Crippen LogP contribution in [0.3, 0.4) is 0 Å². The number of imidazole rings is 2. The Labute approximate surface area is 271 Å². The maximum Gasteiger partial charge on any atom is 0.238 e. The molecule has 0 saturated heterocycles. The van der Waals surface area contributed by atoms with E-state index in [4.69, 9.17) is 23.8 Å². The molecule has 7 heteroatoms. The third kappa shape index (κ3) is 3.55. The quantitative estimate of drug-likeness (QED) is 0.197. The van der Waals surface area contributed by atoms with E-state index in [1.165, 1.54) is 0 Å². The number of benzene rings is 6. The summed E-state index contributed by atoms with van der Waals surface area (Å²) >= 11 is 0. The average molecular weight is 618 g/mol. The average Bonchev–Trinajstić information content (AvgIpc) is 3.89. The normalized spacial score (nSPS) is 12.2. The molecule has 0 saturated carbocycles. The van der Waals surface area contributed by atoms with E-state index in [-0.39, 0.29) is 0 Å². The van der Waals surface area contributed by atoms with Crippen molar-refractivity contribution in [2.75, 3.05) is 0 Å². The summed E-state index contributed by atoms with van der Waals surface area (Å²) in [5.41, 5.74) is 10.9. The molecular weight excluding hydrogens is 594 g/mol. The molecule has 0 N–H and O–H groups in total. The van der Waals surface area contributed by atoms with Gasteiger partial charge in [-0.2, -0.15) is 0 Å². The molecule has 48 heavy (non-hydrogen) atoms. The molecule has 0 amide bonds. The van der Waals surface area contributed by atoms with Gasteiger partial charge in [0.1, 0.15) is 22.3 Å². The molecule has 6 aromatic carbocycles. The fourth-order valence-corrected chi connectivity index (χ4v) is 7.15. The monoisotopic (exact) mass is 617 g/mol. The first-order valence-electron chi connectivity index (χ1n) is 15.9. The fraction of sp³-hybridized carbons (Fsp3) is 0. The van der Waals surface area contributed by atoms with Gasteiger partial charge < -0.3 is 8.83 Å². The van der Waals surface area contributed by atoms with Crippen molar-refractivity contribution in [3.05, 3.63) is 140 Å². The molecule has 5 aromatic heterocycles. The Morgan fingerprint density at radius 3 is 1.58 bits per heavy atom. The van der Waals surface area contributed by atoms with Crippen molar-refractivity contribution in [3.63, 3.8) is 0 Å². The molecule has 5 heterocycles. The zero-order valence-corrected chi connectivity index (χ0v) is 25.3. The predicted octanol–water partition coefficient (Wildman–Crippen LogP) is 10.4. The zero-order valence-electron chi connectivity index (χ0n) is 25.3. The van der Waals surface area contributed by atoms with Gasteiger partial charge in [0, 0.05) is 32.7 Å². The molecule has 0 fully saturated rings. The van der Waals surface area contributed by atoms with Crippen LogP contribution < -0.4 is 0 Å². The van der Waals surface area contributed by atoms with E-state index >= 15 is 0 Å². The highest BCUT2D eigenvalue weighted by Gasteiger charge is 2.21. The Bertz CT molecular complexity index is 2950. The molecule has 0 aliphatic heterocycles. The highest BCUT2D eigenvalue weighted by molar-refractivity contribution is 6.07. The van der Waals surface area contributed by atoms with Crippen LogP contribution in [0.15, 0.2) is 148 Å². The van der Waals surface area contributed by atoms with Gasteiger partial charge in [0.05, 0.1) is 33.5 Å². The Hall–Kier alpha value is -6.73. The fourth-order valence-electron chi connectivity index (χ4n) is 7.15. The van der Waals surface area contributed by atoms with Gasteiger partial charge >= 0.3 is 0 Å². The molecule has 0 aliphatic carbocycles. The molecule has 0 aliphatic rings. The minimum absolute atomic E-state index is 0.540. The van der Waals surface area contributed by atoms with Crippen LogP contribution in [0.25, 0.3) is 100 Å². The number of furan rings is 2. The maximum absolute atomic E-state index is 6.16. The van der Waals surface area contributed by atoms with Crippen LogP contribution in [0.2, 0.25) is 0 Å². The minimum Gasteiger partial charge on any atom is -0.456 e. The Kier molecular flexibility index (Phi) is 4.99. The van der Waals surface area contributed by atoms with Crippen LogP contribution >= 0.6 is 0 Å². The standard InChI is InChI=1S/C41H23N5O2/c1-7-15-36-26(9-1)28-21-24(17-19-38(28)47-36)31-23-32(25-18-20-39-29(22-25)27-10-2-8-16-37(27)48-39)43-40(42-31)46-35-14-6-5-13-34(35)45-33-12-4-3-11-30(33)44-41(45)46/h1-23H. The number of nitrogens with zero attached hydrogens (tertiary/aromatic N) is 5. The van der Waals surface area contributed by atoms with Crippen LogP contribution in [-0.4, -0.2) is 23.9 Å². The van der Waals surface area contributed by atoms with Gasteiger partial charge in [0.15, 0.2) is 0 Å². The molecule has 0 spiro atoms. The van der Waals surface area contributed by atoms with Gasteiger partial charge in [-0.1, -0.05) is 60.7 Å². The number of rotatable bonds is 3. The highest BCUT2D eigenvalue weighted by atomic mass is 16.3. The third-order valence-corrected chi connectivity index (χ3v) is 9.37. The van der Waals surface area contributed by atoms with Crippen LogP contribution in [0.1, 0.15) is 0 Å². The molecule has 11 rings (SSSR count). The maximum atomic E-state index is 6.16. The van der Waals surface area contributed by atoms with Crippen LogP contribution in [0, 0.1) is 0 Å². The first-order valence-corrected chi connectivity index (χ1v) is 15.9. The SMILES string of the molecule is c1ccc2c(c1)nc1n(-c3nc(-c4ccc5oc6ccccc6c5c4)cc(-c4ccc5oc6ccccc6c5c4)n3)c3ccccc3n21. The van der Waals surface area contributed by atoms with E-state index in [1.807, 2.05) is 72.8 Å². The first-order chi connectivity index (χ1) is 23.8. The largest absolute Gasteiger partial charge is 0.456 e. The summed E-state index contributed by atoms with van der Waals surface area (Å²) in [5.74, 6) is 1.30. The van der Waals surface area contributed by atoms with Crippen molar-refractivity contribution in [2.24, 2.45) is 0 Å². The smallest absolute Gasteiger partial charge is 0.238 e. The summed E-state index contributed by atoms with van der Waals surface area (Å²) in [6.45, 7) is 0. The molecule has 0 atom stereocenters. The number of aromatic nitrogens is 5. The molecule has 0 radical (unpaired) electrons. The van der Waals surface area contributed by atoms with Crippen molar-refractivity contribution in [3.8, 4) is 28.5 Å². The van der Waals surface area contributed by atoms with Crippen LogP contribution in [-0.2, 0) is 0 Å². The predicted molar refractivity (Wildman–Crippen MR) is 191 cm³/mol. The van der Waals surface area contributed by atoms with Gasteiger partial charge in [-0.05, 0) is 78.9 Å². The lowest BCUT2D eigenvalue weighted by Gasteiger charge is -2.11. The number of hydrogen-bond acceptors (Lipinski definition) is 5. The van der Waals surface area contributed by atoms with Gasteiger partial charge in [-0.25, -0.2) is 19.5 Å². The van der Waals surface area contributed by atoms with Crippen molar-refractivity contribution in [2.45, 2.75) is 0 Å². The zero-order chi connectivity index (χ0) is 31.3. The summed E-state index contributed by atoms with van der Waals surface area (Å²) in [6.07, 6.45) is 0. The number of para-hydroxylation sites is 6. The van der Waals surface area contributed by atoms with Crippen LogP contribution in [0.4, 0.5) is 0 Å². The lowest BCUT2D eigenvalue weighted by molar-refractivity contribution is 0.668. The second-order valence-corrected chi connectivity index (χ2v) is 12.1. The summed E-state index contributed by atoms with van der Waals surface area (Å²) in [6, 6.07) is 47.4. The molecular formula is C41H23N5O2. The van der Waals surface area contributed by atoms with E-state index in [2.05, 4.69) is 75.7 Å². The molecule has 11 aromatic rings. The van der Waals surface area contributed by atoms with Crippen molar-refractivity contribution in [1.29, 1.82) is 0 Å². The number of hydrogen-bond donors (Lipinski definition) is 0. The van der Waals surface area contributed by atoms with E-state index < -0.39 is 0 Å². The number of fused-ring (bicyclic) bond motifs is 11. The van der Waals surface area contributed by atoms with E-state index in [0.29, 0.717) is 5.95 Å². The third-order valence-electron chi connectivity index (χ3n) is 9.37. The lowest BCUT2D eigenvalue weighted by atomic mass is 10.0. The second kappa shape index (κ2) is 9.40. The lowest BCUT2D eigenvalue weighted by Crippen LogP contribution is -2.04. The van der Waals surface area contributed by atoms with Gasteiger partial charge in [-0.3, -0.25) is 4.40 Å². The van der Waals surface area contributed by atoms with E-state index in [9.17, 15) is 0 Å². The van der Waals surface area contributed by atoms with Crippen molar-refractivity contribution < 1.29 is 8.83 Å². The van der Waals surface area contributed by atoms with Crippen molar-refractivity contribution in [1.82, 2.24) is 23.9 Å². The summed E-state index contributed by atoms with van der Waals surface area (Å²) in [5, 5.41) is 4.24. The Morgan fingerprint density at radius 1 is 0.417 bits per heavy atom. The van der Waals surface area contributed by atoms with Gasteiger partial charge in [0.2, 0.25) is 11.7 Å². The topological polar surface area (TPSA) is 74.3 Å². The van der Waals surface area contributed by atoms with Gasteiger partial charge in [0.25, 0.3) is 0 Å². The summed E-state index contributed by atoms with van der Waals surface area (Å²) in [4.78, 5) is 15.6. The summed E-state index contributed by atoms with van der Waals surface area (Å²) < 4.78 is 16.6.